The molecule has 6 heteroatoms. The van der Waals surface area contributed by atoms with E-state index in [4.69, 9.17) is 14.2 Å². The summed E-state index contributed by atoms with van der Waals surface area (Å²) in [6, 6.07) is 16.0. The minimum absolute atomic E-state index is 0.0638. The van der Waals surface area contributed by atoms with Crippen LogP contribution in [0.5, 0.6) is 17.2 Å². The number of aromatic nitrogens is 1. The van der Waals surface area contributed by atoms with E-state index in [9.17, 15) is 9.90 Å². The van der Waals surface area contributed by atoms with Crippen molar-refractivity contribution in [1.29, 1.82) is 0 Å². The maximum Gasteiger partial charge on any atom is 0.199 e. The van der Waals surface area contributed by atoms with Gasteiger partial charge in [-0.15, -0.1) is 0 Å². The smallest absolute Gasteiger partial charge is 0.199 e. The maximum atomic E-state index is 11.2. The van der Waals surface area contributed by atoms with Gasteiger partial charge in [-0.2, -0.15) is 0 Å². The first-order chi connectivity index (χ1) is 14.1. The molecule has 0 aliphatic rings. The van der Waals surface area contributed by atoms with Crippen molar-refractivity contribution in [2.75, 3.05) is 7.11 Å². The molecule has 2 aromatic carbocycles. The molecule has 1 aromatic heterocycles. The molecular formula is C23H21NO5. The van der Waals surface area contributed by atoms with Gasteiger partial charge in [0.1, 0.15) is 23.9 Å². The topological polar surface area (TPSA) is 77.9 Å². The maximum absolute atomic E-state index is 11.2. The van der Waals surface area contributed by atoms with Crippen LogP contribution in [0.3, 0.4) is 0 Å². The van der Waals surface area contributed by atoms with Crippen LogP contribution in [0.4, 0.5) is 0 Å². The molecule has 148 valence electrons. The van der Waals surface area contributed by atoms with Gasteiger partial charge in [0.15, 0.2) is 17.8 Å². The lowest BCUT2D eigenvalue weighted by molar-refractivity contribution is -0.107. The second-order valence-electron chi connectivity index (χ2n) is 6.23. The van der Waals surface area contributed by atoms with Gasteiger partial charge in [-0.25, -0.2) is 0 Å². The summed E-state index contributed by atoms with van der Waals surface area (Å²) in [5, 5.41) is 10.1. The number of aldehydes is 1. The van der Waals surface area contributed by atoms with Gasteiger partial charge < -0.3 is 19.3 Å². The Balaban J connectivity index is 1.78. The van der Waals surface area contributed by atoms with Crippen LogP contribution >= 0.6 is 0 Å². The fraction of sp³-hybridized carbons (Fsp3) is 0.130. The van der Waals surface area contributed by atoms with E-state index in [1.165, 1.54) is 0 Å². The highest BCUT2D eigenvalue weighted by Gasteiger charge is 2.14. The molecule has 0 saturated carbocycles. The highest BCUT2D eigenvalue weighted by atomic mass is 16.5. The molecule has 0 spiro atoms. The van der Waals surface area contributed by atoms with Gasteiger partial charge in [-0.3, -0.25) is 9.78 Å². The number of carbonyl (C=O) groups is 1. The van der Waals surface area contributed by atoms with Crippen LogP contribution in [-0.2, 0) is 11.4 Å². The van der Waals surface area contributed by atoms with Gasteiger partial charge in [0.05, 0.1) is 7.11 Å². The van der Waals surface area contributed by atoms with Crippen molar-refractivity contribution in [2.24, 2.45) is 0 Å². The van der Waals surface area contributed by atoms with Crippen LogP contribution in [0.25, 0.3) is 5.76 Å². The molecule has 29 heavy (non-hydrogen) atoms. The predicted molar refractivity (Wildman–Crippen MR) is 109 cm³/mol. The Kier molecular flexibility index (Phi) is 6.47. The Morgan fingerprint density at radius 3 is 2.34 bits per heavy atom. The highest BCUT2D eigenvalue weighted by Crippen LogP contribution is 2.29. The number of aryl methyl sites for hydroxylation is 1. The van der Waals surface area contributed by atoms with Crippen LogP contribution in [0.1, 0.15) is 16.7 Å². The summed E-state index contributed by atoms with van der Waals surface area (Å²) in [7, 11) is 1.58. The molecule has 3 aromatic rings. The molecule has 0 bridgehead atoms. The van der Waals surface area contributed by atoms with Gasteiger partial charge >= 0.3 is 0 Å². The summed E-state index contributed by atoms with van der Waals surface area (Å²) < 4.78 is 16.8. The first kappa shape index (κ1) is 19.9. The lowest BCUT2D eigenvalue weighted by Crippen LogP contribution is -2.03. The first-order valence-corrected chi connectivity index (χ1v) is 8.93. The molecule has 0 atom stereocenters. The molecule has 0 radical (unpaired) electrons. The van der Waals surface area contributed by atoms with Gasteiger partial charge in [-0.05, 0) is 72.6 Å². The number of hydrogen-bond donors (Lipinski definition) is 1. The second kappa shape index (κ2) is 9.41. The third-order valence-electron chi connectivity index (χ3n) is 4.21. The molecule has 1 N–H and O–H groups in total. The highest BCUT2D eigenvalue weighted by molar-refractivity contribution is 5.83. The fourth-order valence-corrected chi connectivity index (χ4v) is 2.63. The molecule has 0 saturated heterocycles. The van der Waals surface area contributed by atoms with E-state index in [1.54, 1.807) is 62.0 Å². The molecule has 0 aliphatic heterocycles. The zero-order valence-corrected chi connectivity index (χ0v) is 16.2. The van der Waals surface area contributed by atoms with Gasteiger partial charge in [0.25, 0.3) is 0 Å². The van der Waals surface area contributed by atoms with Gasteiger partial charge in [0.2, 0.25) is 0 Å². The number of pyridine rings is 1. The van der Waals surface area contributed by atoms with Gasteiger partial charge in [0, 0.05) is 18.0 Å². The first-order valence-electron chi connectivity index (χ1n) is 8.93. The van der Waals surface area contributed by atoms with Crippen molar-refractivity contribution in [3.05, 3.63) is 89.4 Å². The van der Waals surface area contributed by atoms with Crippen LogP contribution < -0.4 is 14.2 Å². The van der Waals surface area contributed by atoms with E-state index >= 15 is 0 Å². The largest absolute Gasteiger partial charge is 0.502 e. The Morgan fingerprint density at radius 1 is 1.03 bits per heavy atom. The van der Waals surface area contributed by atoms with E-state index in [0.29, 0.717) is 35.7 Å². The minimum Gasteiger partial charge on any atom is -0.502 e. The standard InChI is InChI=1S/C23H21NO5/c1-16-13-20(27-2)7-8-22(16)29-23(21(26)14-25)18-3-5-19(6-4-18)28-15-17-9-11-24-12-10-17/h3-14,26H,15H2,1-2H3/b23-21+. The van der Waals surface area contributed by atoms with Crippen molar-refractivity contribution in [3.63, 3.8) is 0 Å². The van der Waals surface area contributed by atoms with Crippen molar-refractivity contribution in [3.8, 4) is 17.2 Å². The number of nitrogens with zero attached hydrogens (tertiary/aromatic N) is 1. The molecule has 6 nitrogen and oxygen atoms in total. The molecule has 3 rings (SSSR count). The summed E-state index contributed by atoms with van der Waals surface area (Å²) in [6.45, 7) is 2.26. The molecule has 0 fully saturated rings. The monoisotopic (exact) mass is 391 g/mol. The molecule has 0 unspecified atom stereocenters. The number of hydrogen-bond acceptors (Lipinski definition) is 6. The third kappa shape index (κ3) is 5.13. The predicted octanol–water partition coefficient (Wildman–Crippen LogP) is 4.48. The van der Waals surface area contributed by atoms with E-state index in [-0.39, 0.29) is 5.76 Å². The lowest BCUT2D eigenvalue weighted by Gasteiger charge is -2.14. The Bertz CT molecular complexity index is 998. The fourth-order valence-electron chi connectivity index (χ4n) is 2.63. The molecular weight excluding hydrogens is 370 g/mol. The Morgan fingerprint density at radius 2 is 1.72 bits per heavy atom. The molecule has 0 amide bonds. The number of ether oxygens (including phenoxy) is 3. The average Bonchev–Trinajstić information content (AvgIpc) is 2.77. The van der Waals surface area contributed by atoms with Crippen molar-refractivity contribution < 1.29 is 24.1 Å². The van der Waals surface area contributed by atoms with Crippen molar-refractivity contribution in [2.45, 2.75) is 13.5 Å². The summed E-state index contributed by atoms with van der Waals surface area (Å²) in [5.41, 5.74) is 2.35. The molecule has 0 aliphatic carbocycles. The number of rotatable bonds is 8. The third-order valence-corrected chi connectivity index (χ3v) is 4.21. The number of allylic oxidation sites excluding steroid dienone is 1. The van der Waals surface area contributed by atoms with E-state index in [0.717, 1.165) is 11.1 Å². The SMILES string of the molecule is COc1ccc(O/C(=C(/O)C=O)c2ccc(OCc3ccncc3)cc2)c(C)c1. The van der Waals surface area contributed by atoms with Crippen LogP contribution in [0.2, 0.25) is 0 Å². The normalized spacial score (nSPS) is 11.4. The van der Waals surface area contributed by atoms with Crippen LogP contribution in [0.15, 0.2) is 72.8 Å². The summed E-state index contributed by atoms with van der Waals surface area (Å²) in [4.78, 5) is 15.2. The summed E-state index contributed by atoms with van der Waals surface area (Å²) in [5.74, 6) is 1.42. The zero-order chi connectivity index (χ0) is 20.6. The van der Waals surface area contributed by atoms with Gasteiger partial charge in [-0.1, -0.05) is 0 Å². The van der Waals surface area contributed by atoms with Crippen molar-refractivity contribution >= 4 is 12.0 Å². The summed E-state index contributed by atoms with van der Waals surface area (Å²) >= 11 is 0. The average molecular weight is 391 g/mol. The Hall–Kier alpha value is -3.80. The summed E-state index contributed by atoms with van der Waals surface area (Å²) in [6.07, 6.45) is 3.77. The number of aliphatic hydroxyl groups excluding tert-OH is 1. The van der Waals surface area contributed by atoms with E-state index in [1.807, 2.05) is 19.1 Å². The number of benzene rings is 2. The van der Waals surface area contributed by atoms with Crippen LogP contribution in [0, 0.1) is 6.92 Å². The van der Waals surface area contributed by atoms with Crippen LogP contribution in [-0.4, -0.2) is 23.5 Å². The number of methoxy groups -OCH3 is 1. The number of aliphatic hydroxyl groups is 1. The minimum atomic E-state index is -0.495. The number of carbonyl (C=O) groups excluding carboxylic acids is 1. The second-order valence-corrected chi connectivity index (χ2v) is 6.23. The Labute approximate surface area is 169 Å². The quantitative estimate of drug-likeness (QED) is 0.346. The van der Waals surface area contributed by atoms with Crippen molar-refractivity contribution in [1.82, 2.24) is 4.98 Å². The van der Waals surface area contributed by atoms with E-state index < -0.39 is 5.76 Å². The van der Waals surface area contributed by atoms with E-state index in [2.05, 4.69) is 4.98 Å². The zero-order valence-electron chi connectivity index (χ0n) is 16.2. The molecule has 1 heterocycles. The lowest BCUT2D eigenvalue weighted by atomic mass is 10.1.